The third-order valence-corrected chi connectivity index (χ3v) is 0.287. The maximum atomic E-state index is 9.42. The van der Waals surface area contributed by atoms with E-state index in [4.69, 9.17) is 1.37 Å². The van der Waals surface area contributed by atoms with E-state index in [0.717, 1.165) is 0 Å². The molecule has 0 aromatic heterocycles. The van der Waals surface area contributed by atoms with Gasteiger partial charge in [0.05, 0.1) is 0 Å². The number of hydrogen-bond acceptors (Lipinski definition) is 1. The van der Waals surface area contributed by atoms with Crippen LogP contribution in [-0.4, -0.2) is 6.29 Å². The molecule has 1 nitrogen and oxygen atoms in total. The van der Waals surface area contributed by atoms with Crippen LogP contribution in [0.2, 0.25) is 0 Å². The molecule has 1 heteroatoms. The molecule has 0 aromatic rings. The van der Waals surface area contributed by atoms with Crippen LogP contribution in [0.25, 0.3) is 0 Å². The molecule has 1 radical (unpaired) electrons. The van der Waals surface area contributed by atoms with E-state index in [0.29, 0.717) is 6.42 Å². The fraction of sp³-hybridized carbons (Fsp3) is 0.750. The van der Waals surface area contributed by atoms with Gasteiger partial charge < -0.3 is 0 Å². The van der Waals surface area contributed by atoms with E-state index in [1.807, 2.05) is 0 Å². The van der Waals surface area contributed by atoms with Gasteiger partial charge in [0.15, 0.2) is 6.29 Å². The van der Waals surface area contributed by atoms with Crippen molar-refractivity contribution in [3.05, 3.63) is 0 Å². The Morgan fingerprint density at radius 1 is 2.20 bits per heavy atom. The first kappa shape index (κ1) is 2.88. The van der Waals surface area contributed by atoms with E-state index in [2.05, 4.69) is 0 Å². The number of rotatable bonds is 2. The Bertz CT molecular complexity index is 44.8. The minimum atomic E-state index is -0.620. The van der Waals surface area contributed by atoms with Gasteiger partial charge in [-0.1, -0.05) is 6.92 Å². The second kappa shape index (κ2) is 3.67. The fourth-order valence-electron chi connectivity index (χ4n) is 0.0833. The van der Waals surface area contributed by atoms with E-state index in [1.165, 1.54) is 6.29 Å². The molecule has 0 bridgehead atoms. The lowest BCUT2D eigenvalue weighted by Crippen LogP contribution is -1.64. The highest BCUT2D eigenvalue weighted by Gasteiger charge is 1.69. The second-order valence-electron chi connectivity index (χ2n) is 0.730. The van der Waals surface area contributed by atoms with Crippen molar-refractivity contribution < 1.29 is 6.17 Å². The molecule has 1 atom stereocenters. The minimum Gasteiger partial charge on any atom is -0.291 e. The van der Waals surface area contributed by atoms with Crippen molar-refractivity contribution in [2.75, 3.05) is 0 Å². The van der Waals surface area contributed by atoms with Crippen molar-refractivity contribution in [1.82, 2.24) is 0 Å². The molecule has 0 aliphatic carbocycles. The van der Waals surface area contributed by atoms with E-state index in [9.17, 15) is 4.79 Å². The maximum absolute atomic E-state index is 9.42. The van der Waals surface area contributed by atoms with Crippen molar-refractivity contribution in [2.24, 2.45) is 0 Å². The van der Waals surface area contributed by atoms with Crippen LogP contribution in [0.1, 0.15) is 21.1 Å². The predicted molar refractivity (Wildman–Crippen MR) is 20.6 cm³/mol. The van der Waals surface area contributed by atoms with Gasteiger partial charge >= 0.3 is 0 Å². The van der Waals surface area contributed by atoms with Gasteiger partial charge in [-0.3, -0.25) is 4.79 Å². The monoisotopic (exact) mass is 72.1 g/mol. The van der Waals surface area contributed by atoms with Crippen molar-refractivity contribution in [1.29, 1.82) is 0 Å². The van der Waals surface area contributed by atoms with Crippen LogP contribution in [0.5, 0.6) is 0 Å². The predicted octanol–water partition coefficient (Wildman–Crippen LogP) is 0.896. The lowest BCUT2D eigenvalue weighted by atomic mass is 10.4. The van der Waals surface area contributed by atoms with E-state index < -0.39 is 6.40 Å². The van der Waals surface area contributed by atoms with Crippen molar-refractivity contribution in [3.8, 4) is 0 Å². The van der Waals surface area contributed by atoms with Crippen molar-refractivity contribution in [3.63, 3.8) is 0 Å². The largest absolute Gasteiger partial charge is 0.291 e. The molecule has 1 unspecified atom stereocenters. The molecule has 0 rings (SSSR count). The van der Waals surface area contributed by atoms with Gasteiger partial charge in [-0.15, -0.1) is 0 Å². The summed E-state index contributed by atoms with van der Waals surface area (Å²) in [6.07, 6.45) is 1.48. The summed E-state index contributed by atoms with van der Waals surface area (Å²) < 4.78 is 6.65. The lowest BCUT2D eigenvalue weighted by Gasteiger charge is -1.66. The summed E-state index contributed by atoms with van der Waals surface area (Å²) in [7, 11) is 0. The van der Waals surface area contributed by atoms with E-state index in [1.54, 1.807) is 6.92 Å². The molecule has 0 aliphatic heterocycles. The standard InChI is InChI=1S/C4H7O/c1-2-3-4-5/h2-3H2,1H3/i3D. The van der Waals surface area contributed by atoms with Crippen LogP contribution in [0, 0.1) is 0 Å². The maximum Gasteiger partial charge on any atom is 0.198 e. The Morgan fingerprint density at radius 3 is 2.80 bits per heavy atom. The quantitative estimate of drug-likeness (QED) is 0.473. The van der Waals surface area contributed by atoms with Gasteiger partial charge in [-0.05, 0) is 6.42 Å². The highest BCUT2D eigenvalue weighted by molar-refractivity contribution is 5.49. The molecule has 0 saturated carbocycles. The van der Waals surface area contributed by atoms with Gasteiger partial charge in [-0.2, -0.15) is 0 Å². The summed E-state index contributed by atoms with van der Waals surface area (Å²) in [6.45, 7) is 1.78. The Balaban J connectivity index is 2.96. The highest BCUT2D eigenvalue weighted by Crippen LogP contribution is 1.74. The fourth-order valence-corrected chi connectivity index (χ4v) is 0.0833. The van der Waals surface area contributed by atoms with Gasteiger partial charge in [0.25, 0.3) is 0 Å². The zero-order valence-corrected chi connectivity index (χ0v) is 3.19. The summed E-state index contributed by atoms with van der Waals surface area (Å²) in [5.74, 6) is 0. The first-order valence-electron chi connectivity index (χ1n) is 2.19. The minimum absolute atomic E-state index is 0.573. The average Bonchev–Trinajstić information content (AvgIpc) is 1.65. The summed E-state index contributed by atoms with van der Waals surface area (Å²) in [5.41, 5.74) is 0. The molecule has 29 valence electrons. The zero-order chi connectivity index (χ0) is 4.99. The molecule has 0 N–H and O–H groups in total. The second-order valence-corrected chi connectivity index (χ2v) is 0.730. The Kier molecular flexibility index (Phi) is 2.12. The molecule has 0 spiro atoms. The molecule has 0 heterocycles. The smallest absolute Gasteiger partial charge is 0.198 e. The van der Waals surface area contributed by atoms with Crippen LogP contribution >= 0.6 is 0 Å². The molecule has 0 amide bonds. The van der Waals surface area contributed by atoms with Gasteiger partial charge in [-0.25, -0.2) is 0 Å². The summed E-state index contributed by atoms with van der Waals surface area (Å²) in [5, 5.41) is 0. The van der Waals surface area contributed by atoms with Gasteiger partial charge in [0.2, 0.25) is 0 Å². The Morgan fingerprint density at radius 2 is 2.80 bits per heavy atom. The van der Waals surface area contributed by atoms with E-state index in [-0.39, 0.29) is 0 Å². The Labute approximate surface area is 33.4 Å². The summed E-state index contributed by atoms with van der Waals surface area (Å²) in [6, 6.07) is 0. The highest BCUT2D eigenvalue weighted by atomic mass is 16.1. The lowest BCUT2D eigenvalue weighted by molar-refractivity contribution is 0.550. The van der Waals surface area contributed by atoms with Crippen LogP contribution in [0.3, 0.4) is 0 Å². The number of carbonyl (C=O) groups excluding carboxylic acids is 1. The topological polar surface area (TPSA) is 17.1 Å². The first-order valence-corrected chi connectivity index (χ1v) is 1.61. The van der Waals surface area contributed by atoms with Crippen molar-refractivity contribution in [2.45, 2.75) is 19.7 Å². The molecule has 0 fully saturated rings. The first-order chi connectivity index (χ1) is 2.81. The normalized spacial score (nSPS) is 16.6. The third kappa shape index (κ3) is 3.67. The number of hydrogen-bond donors (Lipinski definition) is 0. The average molecular weight is 72.1 g/mol. The Hall–Kier alpha value is -0.330. The molecule has 0 saturated heterocycles. The van der Waals surface area contributed by atoms with Crippen LogP contribution in [-0.2, 0) is 4.79 Å². The van der Waals surface area contributed by atoms with E-state index >= 15 is 0 Å². The zero-order valence-electron chi connectivity index (χ0n) is 4.19. The van der Waals surface area contributed by atoms with Crippen LogP contribution < -0.4 is 0 Å². The third-order valence-electron chi connectivity index (χ3n) is 0.287. The summed E-state index contributed by atoms with van der Waals surface area (Å²) >= 11 is 0. The summed E-state index contributed by atoms with van der Waals surface area (Å²) in [4.78, 5) is 9.42. The van der Waals surface area contributed by atoms with Crippen LogP contribution in [0.4, 0.5) is 0 Å². The molecular formula is C4H7O. The molecule has 0 aliphatic rings. The molecule has 5 heavy (non-hydrogen) atoms. The van der Waals surface area contributed by atoms with Gasteiger partial charge in [0.1, 0.15) is 0 Å². The SMILES string of the molecule is [2H]C([C]=O)CC. The molecule has 0 aromatic carbocycles. The molecular weight excluding hydrogens is 64.0 g/mol. The van der Waals surface area contributed by atoms with Crippen LogP contribution in [0.15, 0.2) is 0 Å². The van der Waals surface area contributed by atoms with Gasteiger partial charge in [0, 0.05) is 7.77 Å². The van der Waals surface area contributed by atoms with Crippen molar-refractivity contribution >= 4 is 6.29 Å².